The topological polar surface area (TPSA) is 105 Å². The summed E-state index contributed by atoms with van der Waals surface area (Å²) >= 11 is 1.14. The lowest BCUT2D eigenvalue weighted by Crippen LogP contribution is -2.34. The zero-order valence-electron chi connectivity index (χ0n) is 14.4. The molecule has 0 radical (unpaired) electrons. The average molecular weight is 387 g/mol. The van der Waals surface area contributed by atoms with Gasteiger partial charge in [-0.15, -0.1) is 11.3 Å². The predicted molar refractivity (Wildman–Crippen MR) is 98.2 cm³/mol. The molecule has 1 aliphatic heterocycles. The Kier molecular flexibility index (Phi) is 5.51. The lowest BCUT2D eigenvalue weighted by atomic mass is 10.1. The molecule has 0 aliphatic carbocycles. The molecule has 1 unspecified atom stereocenters. The quantitative estimate of drug-likeness (QED) is 0.583. The second-order valence-corrected chi connectivity index (χ2v) is 6.74. The second-order valence-electron chi connectivity index (χ2n) is 5.82. The van der Waals surface area contributed by atoms with Crippen molar-refractivity contribution in [3.8, 4) is 0 Å². The minimum Gasteiger partial charge on any atom is -0.465 e. The van der Waals surface area contributed by atoms with Crippen LogP contribution in [-0.2, 0) is 20.9 Å². The Balaban J connectivity index is 1.62. The molecular formula is C18H17N3O5S. The number of nitrogens with one attached hydrogen (secondary N) is 2. The van der Waals surface area contributed by atoms with E-state index in [2.05, 4.69) is 15.4 Å². The fourth-order valence-electron chi connectivity index (χ4n) is 2.68. The highest BCUT2D eigenvalue weighted by atomic mass is 32.1. The van der Waals surface area contributed by atoms with Crippen molar-refractivity contribution >= 4 is 40.8 Å². The Labute approximate surface area is 159 Å². The number of carbonyl (C=O) groups is 4. The number of nitrogens with zero attached hydrogens (tertiary/aromatic N) is 1. The number of anilines is 1. The van der Waals surface area contributed by atoms with Gasteiger partial charge in [0.05, 0.1) is 25.8 Å². The van der Waals surface area contributed by atoms with Crippen LogP contribution in [0, 0.1) is 0 Å². The minimum atomic E-state index is -0.943. The van der Waals surface area contributed by atoms with Crippen molar-refractivity contribution in [3.63, 3.8) is 0 Å². The van der Waals surface area contributed by atoms with Crippen LogP contribution < -0.4 is 10.6 Å². The normalized spacial score (nSPS) is 16.2. The van der Waals surface area contributed by atoms with E-state index in [1.54, 1.807) is 11.4 Å². The number of hydrogen-bond donors (Lipinski definition) is 2. The van der Waals surface area contributed by atoms with Gasteiger partial charge in [0.15, 0.2) is 0 Å². The average Bonchev–Trinajstić information content (AvgIpc) is 3.22. The van der Waals surface area contributed by atoms with E-state index in [1.165, 1.54) is 7.11 Å². The number of thiophene rings is 1. The maximum Gasteiger partial charge on any atom is 0.350 e. The first kappa shape index (κ1) is 18.6. The van der Waals surface area contributed by atoms with Crippen molar-refractivity contribution in [1.29, 1.82) is 0 Å². The Morgan fingerprint density at radius 2 is 1.96 bits per heavy atom. The molecule has 3 rings (SSSR count). The number of benzene rings is 1. The number of imide groups is 1. The van der Waals surface area contributed by atoms with Crippen LogP contribution in [0.2, 0.25) is 0 Å². The highest BCUT2D eigenvalue weighted by Crippen LogP contribution is 2.23. The molecule has 8 nitrogen and oxygen atoms in total. The van der Waals surface area contributed by atoms with Gasteiger partial charge in [-0.25, -0.2) is 9.59 Å². The van der Waals surface area contributed by atoms with Crippen molar-refractivity contribution in [1.82, 2.24) is 10.2 Å². The largest absolute Gasteiger partial charge is 0.465 e. The van der Waals surface area contributed by atoms with E-state index in [4.69, 9.17) is 0 Å². The van der Waals surface area contributed by atoms with Gasteiger partial charge < -0.3 is 15.4 Å². The summed E-state index contributed by atoms with van der Waals surface area (Å²) in [6.07, 6.45) is -0.230. The van der Waals surface area contributed by atoms with Crippen LogP contribution in [0.15, 0.2) is 41.8 Å². The molecule has 1 aromatic carbocycles. The standard InChI is InChI=1S/C18H17N3O5S/c1-26-17(24)15-12(7-8-27-15)19-14(22)9-13-16(23)21(18(25)20-13)10-11-5-3-2-4-6-11/h2-8,13H,9-10H2,1H3,(H,19,22)(H,20,25). The first-order valence-corrected chi connectivity index (χ1v) is 8.99. The molecule has 27 heavy (non-hydrogen) atoms. The van der Waals surface area contributed by atoms with Crippen LogP contribution >= 0.6 is 11.3 Å². The van der Waals surface area contributed by atoms with E-state index in [9.17, 15) is 19.2 Å². The lowest BCUT2D eigenvalue weighted by molar-refractivity contribution is -0.130. The van der Waals surface area contributed by atoms with Gasteiger partial charge in [0.25, 0.3) is 5.91 Å². The predicted octanol–water partition coefficient (Wildman–Crippen LogP) is 1.98. The second kappa shape index (κ2) is 8.00. The number of ether oxygens (including phenoxy) is 1. The molecule has 0 bridgehead atoms. The molecule has 140 valence electrons. The van der Waals surface area contributed by atoms with Crippen LogP contribution in [0.3, 0.4) is 0 Å². The van der Waals surface area contributed by atoms with Crippen LogP contribution in [0.1, 0.15) is 21.7 Å². The van der Waals surface area contributed by atoms with E-state index in [1.807, 2.05) is 30.3 Å². The summed E-state index contributed by atoms with van der Waals surface area (Å²) in [7, 11) is 1.25. The van der Waals surface area contributed by atoms with Gasteiger partial charge in [-0.2, -0.15) is 0 Å². The van der Waals surface area contributed by atoms with Crippen LogP contribution in [-0.4, -0.2) is 41.9 Å². The van der Waals surface area contributed by atoms with Crippen LogP contribution in [0.5, 0.6) is 0 Å². The number of hydrogen-bond acceptors (Lipinski definition) is 6. The van der Waals surface area contributed by atoms with Gasteiger partial charge in [-0.3, -0.25) is 14.5 Å². The van der Waals surface area contributed by atoms with Crippen molar-refractivity contribution in [2.24, 2.45) is 0 Å². The third kappa shape index (κ3) is 4.14. The molecule has 1 fully saturated rings. The molecule has 9 heteroatoms. The lowest BCUT2D eigenvalue weighted by Gasteiger charge is -2.13. The summed E-state index contributed by atoms with van der Waals surface area (Å²) in [5.41, 5.74) is 1.13. The van der Waals surface area contributed by atoms with E-state index in [0.29, 0.717) is 5.69 Å². The van der Waals surface area contributed by atoms with Crippen molar-refractivity contribution in [2.45, 2.75) is 19.0 Å². The van der Waals surface area contributed by atoms with Gasteiger partial charge in [0.1, 0.15) is 10.9 Å². The molecule has 2 aromatic rings. The third-order valence-corrected chi connectivity index (χ3v) is 4.88. The SMILES string of the molecule is COC(=O)c1sccc1NC(=O)CC1NC(=O)N(Cc2ccccc2)C1=O. The van der Waals surface area contributed by atoms with Gasteiger partial charge in [0, 0.05) is 0 Å². The molecule has 1 atom stereocenters. The van der Waals surface area contributed by atoms with Gasteiger partial charge >= 0.3 is 12.0 Å². The van der Waals surface area contributed by atoms with Gasteiger partial charge in [-0.05, 0) is 17.0 Å². The first-order valence-electron chi connectivity index (χ1n) is 8.11. The first-order chi connectivity index (χ1) is 13.0. The molecule has 1 aliphatic rings. The number of rotatable bonds is 6. The maximum absolute atomic E-state index is 12.5. The summed E-state index contributed by atoms with van der Waals surface area (Å²) in [6, 6.07) is 9.20. The fourth-order valence-corrected chi connectivity index (χ4v) is 3.44. The maximum atomic E-state index is 12.5. The summed E-state index contributed by atoms with van der Waals surface area (Å²) < 4.78 is 4.65. The summed E-state index contributed by atoms with van der Waals surface area (Å²) in [4.78, 5) is 49.8. The van der Waals surface area contributed by atoms with Crippen molar-refractivity contribution in [2.75, 3.05) is 12.4 Å². The van der Waals surface area contributed by atoms with Crippen molar-refractivity contribution in [3.05, 3.63) is 52.2 Å². The molecule has 1 saturated heterocycles. The fraction of sp³-hybridized carbons (Fsp3) is 0.222. The summed E-state index contributed by atoms with van der Waals surface area (Å²) in [5, 5.41) is 6.75. The Bertz CT molecular complexity index is 880. The number of amides is 4. The number of methoxy groups -OCH3 is 1. The Morgan fingerprint density at radius 3 is 2.67 bits per heavy atom. The van der Waals surface area contributed by atoms with Gasteiger partial charge in [0.2, 0.25) is 5.91 Å². The molecule has 0 spiro atoms. The van der Waals surface area contributed by atoms with Crippen molar-refractivity contribution < 1.29 is 23.9 Å². The van der Waals surface area contributed by atoms with E-state index < -0.39 is 29.9 Å². The molecule has 2 heterocycles. The summed E-state index contributed by atoms with van der Waals surface area (Å²) in [6.45, 7) is 0.140. The highest BCUT2D eigenvalue weighted by Gasteiger charge is 2.39. The zero-order chi connectivity index (χ0) is 19.4. The third-order valence-electron chi connectivity index (χ3n) is 3.99. The minimum absolute atomic E-state index is 0.140. The molecule has 0 saturated carbocycles. The molecular weight excluding hydrogens is 370 g/mol. The van der Waals surface area contributed by atoms with Gasteiger partial charge in [-0.1, -0.05) is 30.3 Å². The van der Waals surface area contributed by atoms with Crippen LogP contribution in [0.25, 0.3) is 0 Å². The summed E-state index contributed by atoms with van der Waals surface area (Å²) in [5.74, 6) is -1.50. The molecule has 2 N–H and O–H groups in total. The number of urea groups is 1. The molecule has 1 aromatic heterocycles. The smallest absolute Gasteiger partial charge is 0.350 e. The van der Waals surface area contributed by atoms with E-state index in [-0.39, 0.29) is 17.8 Å². The van der Waals surface area contributed by atoms with E-state index >= 15 is 0 Å². The molecule has 4 amide bonds. The number of carbonyl (C=O) groups excluding carboxylic acids is 4. The Morgan fingerprint density at radius 1 is 1.22 bits per heavy atom. The van der Waals surface area contributed by atoms with E-state index in [0.717, 1.165) is 21.8 Å². The number of esters is 1. The monoisotopic (exact) mass is 387 g/mol. The Hall–Kier alpha value is -3.20. The van der Waals surface area contributed by atoms with Crippen LogP contribution in [0.4, 0.5) is 10.5 Å². The zero-order valence-corrected chi connectivity index (χ0v) is 15.2. The highest BCUT2D eigenvalue weighted by molar-refractivity contribution is 7.12.